The zero-order valence-corrected chi connectivity index (χ0v) is 10.4. The zero-order valence-electron chi connectivity index (χ0n) is 10.4. The molecule has 0 N–H and O–H groups in total. The second kappa shape index (κ2) is 5.47. The molecule has 2 saturated heterocycles. The molecule has 0 aliphatic carbocycles. The minimum atomic E-state index is -4.72. The van der Waals surface area contributed by atoms with Gasteiger partial charge in [0.05, 0.1) is 0 Å². The lowest BCUT2D eigenvalue weighted by Gasteiger charge is -2.34. The van der Waals surface area contributed by atoms with Gasteiger partial charge in [0.25, 0.3) is 0 Å². The van der Waals surface area contributed by atoms with E-state index in [0.717, 1.165) is 24.5 Å². The molecule has 18 heavy (non-hydrogen) atoms. The van der Waals surface area contributed by atoms with Gasteiger partial charge in [-0.3, -0.25) is 4.79 Å². The van der Waals surface area contributed by atoms with E-state index in [1.807, 2.05) is 0 Å². The van der Waals surface area contributed by atoms with Crippen molar-refractivity contribution in [2.45, 2.75) is 31.9 Å². The molecule has 3 nitrogen and oxygen atoms in total. The predicted molar refractivity (Wildman–Crippen MR) is 61.0 cm³/mol. The highest BCUT2D eigenvalue weighted by Crippen LogP contribution is 2.25. The Morgan fingerprint density at radius 1 is 1.06 bits per heavy atom. The Kier molecular flexibility index (Phi) is 4.14. The van der Waals surface area contributed by atoms with E-state index in [1.165, 1.54) is 12.8 Å². The van der Waals surface area contributed by atoms with Crippen LogP contribution in [0.25, 0.3) is 0 Å². The van der Waals surface area contributed by atoms with E-state index in [9.17, 15) is 18.0 Å². The van der Waals surface area contributed by atoms with Crippen molar-refractivity contribution in [3.8, 4) is 0 Å². The van der Waals surface area contributed by atoms with Crippen molar-refractivity contribution in [2.24, 2.45) is 5.92 Å². The van der Waals surface area contributed by atoms with Crippen LogP contribution in [0.2, 0.25) is 0 Å². The van der Waals surface area contributed by atoms with Gasteiger partial charge in [0.2, 0.25) is 0 Å². The standard InChI is InChI=1S/C12H19F3N2O/c13-12(14,15)11(18)17-7-3-10(4-8-17)9-16-5-1-2-6-16/h10H,1-9H2. The fourth-order valence-electron chi connectivity index (χ4n) is 2.83. The summed E-state index contributed by atoms with van der Waals surface area (Å²) in [6, 6.07) is 0. The molecule has 0 spiro atoms. The van der Waals surface area contributed by atoms with E-state index < -0.39 is 12.1 Å². The average Bonchev–Trinajstić information content (AvgIpc) is 2.81. The van der Waals surface area contributed by atoms with E-state index in [-0.39, 0.29) is 13.1 Å². The highest BCUT2D eigenvalue weighted by Gasteiger charge is 2.43. The predicted octanol–water partition coefficient (Wildman–Crippen LogP) is 1.88. The summed E-state index contributed by atoms with van der Waals surface area (Å²) in [5, 5.41) is 0. The maximum absolute atomic E-state index is 12.3. The van der Waals surface area contributed by atoms with Crippen LogP contribution in [0.15, 0.2) is 0 Å². The van der Waals surface area contributed by atoms with Crippen LogP contribution < -0.4 is 0 Å². The number of rotatable bonds is 2. The Morgan fingerprint density at radius 3 is 2.11 bits per heavy atom. The topological polar surface area (TPSA) is 23.6 Å². The molecule has 0 aromatic rings. The molecule has 0 unspecified atom stereocenters. The van der Waals surface area contributed by atoms with Gasteiger partial charge in [-0.2, -0.15) is 13.2 Å². The van der Waals surface area contributed by atoms with Gasteiger partial charge in [0.1, 0.15) is 0 Å². The minimum absolute atomic E-state index is 0.247. The number of halogens is 3. The summed E-state index contributed by atoms with van der Waals surface area (Å²) in [4.78, 5) is 14.4. The summed E-state index contributed by atoms with van der Waals surface area (Å²) in [7, 11) is 0. The summed E-state index contributed by atoms with van der Waals surface area (Å²) < 4.78 is 36.8. The van der Waals surface area contributed by atoms with Gasteiger partial charge in [0.15, 0.2) is 0 Å². The summed E-state index contributed by atoms with van der Waals surface area (Å²) in [6.07, 6.45) is -0.880. The smallest absolute Gasteiger partial charge is 0.335 e. The van der Waals surface area contributed by atoms with Crippen LogP contribution in [0, 0.1) is 5.92 Å². The van der Waals surface area contributed by atoms with Crippen LogP contribution in [-0.2, 0) is 4.79 Å². The maximum atomic E-state index is 12.3. The van der Waals surface area contributed by atoms with Gasteiger partial charge in [-0.1, -0.05) is 0 Å². The maximum Gasteiger partial charge on any atom is 0.471 e. The first-order valence-electron chi connectivity index (χ1n) is 6.55. The Bertz CT molecular complexity index is 292. The number of likely N-dealkylation sites (tertiary alicyclic amines) is 2. The Hall–Kier alpha value is -0.780. The van der Waals surface area contributed by atoms with Gasteiger partial charge >= 0.3 is 12.1 Å². The molecule has 0 bridgehead atoms. The summed E-state index contributed by atoms with van der Waals surface area (Å²) in [5.74, 6) is -1.23. The normalized spacial score (nSPS) is 23.6. The van der Waals surface area contributed by atoms with Crippen molar-refractivity contribution in [3.63, 3.8) is 0 Å². The molecule has 104 valence electrons. The number of alkyl halides is 3. The molecule has 0 aromatic heterocycles. The van der Waals surface area contributed by atoms with Crippen LogP contribution in [0.1, 0.15) is 25.7 Å². The molecule has 2 aliphatic heterocycles. The van der Waals surface area contributed by atoms with E-state index in [4.69, 9.17) is 0 Å². The van der Waals surface area contributed by atoms with Crippen molar-refractivity contribution < 1.29 is 18.0 Å². The first kappa shape index (κ1) is 13.6. The number of nitrogens with zero attached hydrogens (tertiary/aromatic N) is 2. The molecule has 1 amide bonds. The molecule has 0 atom stereocenters. The summed E-state index contributed by atoms with van der Waals surface area (Å²) in [6.45, 7) is 3.70. The molecule has 2 aliphatic rings. The molecular formula is C12H19F3N2O. The van der Waals surface area contributed by atoms with E-state index in [1.54, 1.807) is 0 Å². The Morgan fingerprint density at radius 2 is 1.61 bits per heavy atom. The summed E-state index contributed by atoms with van der Waals surface area (Å²) in [5.41, 5.74) is 0. The number of carbonyl (C=O) groups is 1. The lowest BCUT2D eigenvalue weighted by molar-refractivity contribution is -0.186. The van der Waals surface area contributed by atoms with Crippen molar-refractivity contribution >= 4 is 5.91 Å². The highest BCUT2D eigenvalue weighted by molar-refractivity contribution is 5.81. The third kappa shape index (κ3) is 3.37. The monoisotopic (exact) mass is 264 g/mol. The number of hydrogen-bond donors (Lipinski definition) is 0. The third-order valence-corrected chi connectivity index (χ3v) is 3.86. The van der Waals surface area contributed by atoms with Crippen molar-refractivity contribution in [2.75, 3.05) is 32.7 Å². The molecular weight excluding hydrogens is 245 g/mol. The van der Waals surface area contributed by atoms with E-state index >= 15 is 0 Å². The van der Waals surface area contributed by atoms with Crippen LogP contribution >= 0.6 is 0 Å². The first-order valence-corrected chi connectivity index (χ1v) is 6.55. The molecule has 0 radical (unpaired) electrons. The molecule has 6 heteroatoms. The second-order valence-corrected chi connectivity index (χ2v) is 5.24. The number of carbonyl (C=O) groups excluding carboxylic acids is 1. The minimum Gasteiger partial charge on any atom is -0.335 e. The van der Waals surface area contributed by atoms with E-state index in [2.05, 4.69) is 4.90 Å². The zero-order chi connectivity index (χ0) is 13.2. The van der Waals surface area contributed by atoms with Crippen LogP contribution in [-0.4, -0.2) is 54.6 Å². The van der Waals surface area contributed by atoms with Crippen LogP contribution in [0.5, 0.6) is 0 Å². The third-order valence-electron chi connectivity index (χ3n) is 3.86. The number of hydrogen-bond acceptors (Lipinski definition) is 2. The van der Waals surface area contributed by atoms with Gasteiger partial charge in [-0.05, 0) is 44.7 Å². The largest absolute Gasteiger partial charge is 0.471 e. The number of amides is 1. The Balaban J connectivity index is 1.75. The molecule has 0 saturated carbocycles. The SMILES string of the molecule is O=C(N1CCC(CN2CCCC2)CC1)C(F)(F)F. The molecule has 0 aromatic carbocycles. The lowest BCUT2D eigenvalue weighted by Crippen LogP contribution is -2.46. The molecule has 2 heterocycles. The van der Waals surface area contributed by atoms with Gasteiger partial charge in [-0.25, -0.2) is 0 Å². The highest BCUT2D eigenvalue weighted by atomic mass is 19.4. The van der Waals surface area contributed by atoms with Gasteiger partial charge in [-0.15, -0.1) is 0 Å². The first-order chi connectivity index (χ1) is 8.47. The average molecular weight is 264 g/mol. The van der Waals surface area contributed by atoms with Gasteiger partial charge in [0, 0.05) is 19.6 Å². The van der Waals surface area contributed by atoms with Gasteiger partial charge < -0.3 is 9.80 Å². The van der Waals surface area contributed by atoms with E-state index in [0.29, 0.717) is 18.8 Å². The lowest BCUT2D eigenvalue weighted by atomic mass is 9.96. The fraction of sp³-hybridized carbons (Fsp3) is 0.917. The quantitative estimate of drug-likeness (QED) is 0.760. The summed E-state index contributed by atoms with van der Waals surface area (Å²) >= 11 is 0. The fourth-order valence-corrected chi connectivity index (χ4v) is 2.83. The second-order valence-electron chi connectivity index (χ2n) is 5.24. The van der Waals surface area contributed by atoms with Crippen LogP contribution in [0.3, 0.4) is 0 Å². The van der Waals surface area contributed by atoms with Crippen LogP contribution in [0.4, 0.5) is 13.2 Å². The van der Waals surface area contributed by atoms with Crippen molar-refractivity contribution in [1.82, 2.24) is 9.80 Å². The Labute approximate surface area is 105 Å². The van der Waals surface area contributed by atoms with Crippen molar-refractivity contribution in [3.05, 3.63) is 0 Å². The van der Waals surface area contributed by atoms with Crippen molar-refractivity contribution in [1.29, 1.82) is 0 Å². The molecule has 2 rings (SSSR count). The number of piperidine rings is 1. The molecule has 2 fully saturated rings.